The summed E-state index contributed by atoms with van der Waals surface area (Å²) < 4.78 is 0. The van der Waals surface area contributed by atoms with Crippen molar-refractivity contribution in [1.82, 2.24) is 0 Å². The van der Waals surface area contributed by atoms with E-state index in [0.29, 0.717) is 0 Å². The van der Waals surface area contributed by atoms with Gasteiger partial charge in [0.25, 0.3) is 0 Å². The van der Waals surface area contributed by atoms with Crippen LogP contribution in [0.5, 0.6) is 0 Å². The number of hydrogen-bond acceptors (Lipinski definition) is 1. The van der Waals surface area contributed by atoms with E-state index in [-0.39, 0.29) is 5.84 Å². The lowest BCUT2D eigenvalue weighted by atomic mass is 9.67. The molecule has 0 spiro atoms. The van der Waals surface area contributed by atoms with E-state index in [0.717, 1.165) is 38.9 Å². The molecular formula is C61H42N2. The first-order valence-corrected chi connectivity index (χ1v) is 21.5. The molecule has 0 saturated heterocycles. The second kappa shape index (κ2) is 16.0. The summed E-state index contributed by atoms with van der Waals surface area (Å²) in [7, 11) is 0. The van der Waals surface area contributed by atoms with E-state index in [1.54, 1.807) is 0 Å². The van der Waals surface area contributed by atoms with Crippen molar-refractivity contribution < 1.29 is 0 Å². The van der Waals surface area contributed by atoms with E-state index < -0.39 is 5.41 Å². The van der Waals surface area contributed by atoms with Crippen molar-refractivity contribution in [2.24, 2.45) is 4.99 Å². The molecule has 1 N–H and O–H groups in total. The summed E-state index contributed by atoms with van der Waals surface area (Å²) in [5.74, 6) is 0.218. The molecule has 0 bridgehead atoms. The Morgan fingerprint density at radius 2 is 1.00 bits per heavy atom. The molecule has 1 aliphatic rings. The highest BCUT2D eigenvalue weighted by Crippen LogP contribution is 2.58. The molecule has 1 aliphatic carbocycles. The predicted octanol–water partition coefficient (Wildman–Crippen LogP) is 15.2. The van der Waals surface area contributed by atoms with Crippen LogP contribution in [-0.2, 0) is 5.41 Å². The molecule has 0 saturated carbocycles. The van der Waals surface area contributed by atoms with Crippen molar-refractivity contribution >= 4 is 39.2 Å². The maximum absolute atomic E-state index is 9.01. The molecule has 0 unspecified atom stereocenters. The Labute approximate surface area is 368 Å². The molecule has 0 fully saturated rings. The normalized spacial score (nSPS) is 13.0. The maximum Gasteiger partial charge on any atom is 0.152 e. The predicted molar refractivity (Wildman–Crippen MR) is 265 cm³/mol. The number of nitrogens with one attached hydrogen (secondary N) is 1. The van der Waals surface area contributed by atoms with E-state index in [4.69, 9.17) is 10.4 Å². The fourth-order valence-corrected chi connectivity index (χ4v) is 9.79. The van der Waals surface area contributed by atoms with Gasteiger partial charge in [-0.1, -0.05) is 231 Å². The Kier molecular flexibility index (Phi) is 9.60. The molecule has 10 aromatic carbocycles. The average Bonchev–Trinajstić information content (AvgIpc) is 3.67. The number of benzene rings is 10. The number of hydrogen-bond donors (Lipinski definition) is 1. The van der Waals surface area contributed by atoms with E-state index >= 15 is 0 Å². The van der Waals surface area contributed by atoms with Crippen LogP contribution in [0.15, 0.2) is 248 Å². The van der Waals surface area contributed by atoms with Crippen LogP contribution in [0.4, 0.5) is 0 Å². The lowest BCUT2D eigenvalue weighted by Crippen LogP contribution is -2.28. The molecule has 0 heterocycles. The molecule has 10 aromatic rings. The summed E-state index contributed by atoms with van der Waals surface area (Å²) in [4.78, 5) is 4.95. The second-order valence-corrected chi connectivity index (χ2v) is 16.2. The quantitative estimate of drug-likeness (QED) is 0.117. The highest BCUT2D eigenvalue weighted by Gasteiger charge is 2.46. The fraction of sp³-hybridized carbons (Fsp3) is 0.0164. The first-order chi connectivity index (χ1) is 31.2. The SMILES string of the molecule is N=C(N=C(/C=C/c1ccc(-c2ccc3c(c2)-c2c(ccc4ccccc24)C3(c2ccccc2)c2ccccc2)c2ccccc12)c1cccc(-c2ccccc2)c1)c1ccccc1. The van der Waals surface area contributed by atoms with Gasteiger partial charge in [-0.15, -0.1) is 0 Å². The van der Waals surface area contributed by atoms with Gasteiger partial charge in [0.2, 0.25) is 0 Å². The Balaban J connectivity index is 1.06. The van der Waals surface area contributed by atoms with Gasteiger partial charge in [0.1, 0.15) is 0 Å². The van der Waals surface area contributed by atoms with Gasteiger partial charge in [-0.3, -0.25) is 5.41 Å². The summed E-state index contributed by atoms with van der Waals surface area (Å²) in [6.07, 6.45) is 4.21. The van der Waals surface area contributed by atoms with Crippen LogP contribution in [0.25, 0.3) is 61.0 Å². The van der Waals surface area contributed by atoms with Crippen molar-refractivity contribution in [3.8, 4) is 33.4 Å². The van der Waals surface area contributed by atoms with Gasteiger partial charge >= 0.3 is 0 Å². The standard InChI is InChI=1S/C61H42N2/c62-60(45-21-7-2-8-22-45)63-58(48-24-17-23-46(40-48)42-18-5-1-6-19-42)39-35-44-32-36-52(54-31-16-15-29-51(44)54)47-34-37-56-55(41-47)59-53-30-14-13-20-43(53)33-38-57(59)61(56,49-25-9-3-10-26-49)50-27-11-4-12-28-50/h1-41,62H/b39-35+,62-60?,63-58?. The summed E-state index contributed by atoms with van der Waals surface area (Å²) in [5, 5.41) is 13.8. The topological polar surface area (TPSA) is 36.2 Å². The number of fused-ring (bicyclic) bond motifs is 6. The van der Waals surface area contributed by atoms with Crippen molar-refractivity contribution in [3.05, 3.63) is 282 Å². The van der Waals surface area contributed by atoms with Crippen molar-refractivity contribution in [2.75, 3.05) is 0 Å². The summed E-state index contributed by atoms with van der Waals surface area (Å²) in [6.45, 7) is 0. The van der Waals surface area contributed by atoms with Gasteiger partial charge < -0.3 is 0 Å². The highest BCUT2D eigenvalue weighted by molar-refractivity contribution is 6.18. The molecule has 0 aromatic heterocycles. The third-order valence-electron chi connectivity index (χ3n) is 12.7. The van der Waals surface area contributed by atoms with Gasteiger partial charge in [-0.2, -0.15) is 0 Å². The monoisotopic (exact) mass is 802 g/mol. The maximum atomic E-state index is 9.01. The van der Waals surface area contributed by atoms with Crippen LogP contribution in [0.3, 0.4) is 0 Å². The number of nitrogens with zero attached hydrogens (tertiary/aromatic N) is 1. The first kappa shape index (κ1) is 37.8. The molecule has 11 rings (SSSR count). The highest BCUT2D eigenvalue weighted by atomic mass is 14.8. The van der Waals surface area contributed by atoms with Crippen LogP contribution in [0.1, 0.15) is 38.9 Å². The number of amidine groups is 1. The summed E-state index contributed by atoms with van der Waals surface area (Å²) in [6, 6.07) is 84.4. The number of allylic oxidation sites excluding steroid dienone is 1. The van der Waals surface area contributed by atoms with Gasteiger partial charge in [-0.05, 0) is 101 Å². The summed E-state index contributed by atoms with van der Waals surface area (Å²) in [5.41, 5.74) is 15.3. The molecule has 0 aliphatic heterocycles. The Morgan fingerprint density at radius 1 is 0.413 bits per heavy atom. The minimum Gasteiger partial charge on any atom is -0.282 e. The number of aliphatic imine (C=N–C) groups is 1. The van der Waals surface area contributed by atoms with Gasteiger partial charge in [0.15, 0.2) is 5.84 Å². The lowest BCUT2D eigenvalue weighted by molar-refractivity contribution is 0.769. The summed E-state index contributed by atoms with van der Waals surface area (Å²) >= 11 is 0. The van der Waals surface area contributed by atoms with E-state index in [9.17, 15) is 0 Å². The number of rotatable bonds is 8. The van der Waals surface area contributed by atoms with Crippen LogP contribution in [-0.4, -0.2) is 11.5 Å². The van der Waals surface area contributed by atoms with Crippen LogP contribution in [0, 0.1) is 5.41 Å². The largest absolute Gasteiger partial charge is 0.282 e. The third-order valence-corrected chi connectivity index (χ3v) is 12.7. The zero-order chi connectivity index (χ0) is 42.2. The Bertz CT molecular complexity index is 3340. The average molecular weight is 803 g/mol. The first-order valence-electron chi connectivity index (χ1n) is 21.5. The Hall–Kier alpha value is -8.20. The molecule has 2 nitrogen and oxygen atoms in total. The minimum absolute atomic E-state index is 0.218. The van der Waals surface area contributed by atoms with Crippen LogP contribution in [0.2, 0.25) is 0 Å². The van der Waals surface area contributed by atoms with Gasteiger partial charge in [0, 0.05) is 11.1 Å². The molecule has 0 radical (unpaired) electrons. The van der Waals surface area contributed by atoms with Gasteiger partial charge in [-0.25, -0.2) is 4.99 Å². The minimum atomic E-state index is -0.483. The van der Waals surface area contributed by atoms with Crippen LogP contribution < -0.4 is 0 Å². The van der Waals surface area contributed by atoms with E-state index in [2.05, 4.69) is 212 Å². The molecule has 2 heteroatoms. The molecular weight excluding hydrogens is 761 g/mol. The molecule has 296 valence electrons. The van der Waals surface area contributed by atoms with Crippen LogP contribution >= 0.6 is 0 Å². The second-order valence-electron chi connectivity index (χ2n) is 16.2. The fourth-order valence-electron chi connectivity index (χ4n) is 9.79. The third kappa shape index (κ3) is 6.61. The zero-order valence-electron chi connectivity index (χ0n) is 34.6. The molecule has 0 amide bonds. The van der Waals surface area contributed by atoms with Crippen molar-refractivity contribution in [2.45, 2.75) is 5.41 Å². The smallest absolute Gasteiger partial charge is 0.152 e. The Morgan fingerprint density at radius 3 is 1.73 bits per heavy atom. The molecule has 0 atom stereocenters. The van der Waals surface area contributed by atoms with E-state index in [1.807, 2.05) is 36.4 Å². The molecule has 63 heavy (non-hydrogen) atoms. The van der Waals surface area contributed by atoms with E-state index in [1.165, 1.54) is 60.7 Å². The van der Waals surface area contributed by atoms with Crippen molar-refractivity contribution in [1.29, 1.82) is 5.41 Å². The zero-order valence-corrected chi connectivity index (χ0v) is 34.6. The van der Waals surface area contributed by atoms with Gasteiger partial charge in [0.05, 0.1) is 11.1 Å². The lowest BCUT2D eigenvalue weighted by Gasteiger charge is -2.34. The van der Waals surface area contributed by atoms with Crippen molar-refractivity contribution in [3.63, 3.8) is 0 Å².